The van der Waals surface area contributed by atoms with Gasteiger partial charge in [-0.2, -0.15) is 10.4 Å². The van der Waals surface area contributed by atoms with Gasteiger partial charge in [0.15, 0.2) is 0 Å². The van der Waals surface area contributed by atoms with Gasteiger partial charge in [-0.1, -0.05) is 0 Å². The number of nitrogens with zero attached hydrogens (tertiary/aromatic N) is 4. The van der Waals surface area contributed by atoms with E-state index in [1.165, 1.54) is 11.3 Å². The first kappa shape index (κ1) is 13.8. The van der Waals surface area contributed by atoms with E-state index < -0.39 is 0 Å². The molecule has 1 N–H and O–H groups in total. The number of rotatable bonds is 4. The van der Waals surface area contributed by atoms with Crippen LogP contribution in [0.3, 0.4) is 0 Å². The van der Waals surface area contributed by atoms with Gasteiger partial charge in [-0.15, -0.1) is 0 Å². The van der Waals surface area contributed by atoms with E-state index in [4.69, 9.17) is 10.4 Å². The molecule has 2 aromatic rings. The lowest BCUT2D eigenvalue weighted by atomic mass is 9.82. The molecule has 21 heavy (non-hydrogen) atoms. The molecule has 0 amide bonds. The Bertz CT molecular complexity index is 657. The molecule has 0 saturated carbocycles. The highest BCUT2D eigenvalue weighted by Crippen LogP contribution is 2.39. The first-order valence-corrected chi connectivity index (χ1v) is 7.33. The molecule has 108 valence electrons. The molecule has 0 spiro atoms. The summed E-state index contributed by atoms with van der Waals surface area (Å²) in [5.74, 6) is 0.237. The maximum absolute atomic E-state index is 9.24. The van der Waals surface area contributed by atoms with Crippen LogP contribution in [-0.2, 0) is 13.0 Å². The van der Waals surface area contributed by atoms with Gasteiger partial charge in [0.2, 0.25) is 0 Å². The number of pyridine rings is 1. The van der Waals surface area contributed by atoms with Crippen LogP contribution < -0.4 is 0 Å². The minimum Gasteiger partial charge on any atom is -0.394 e. The smallest absolute Gasteiger partial charge is 0.0976 e. The molecule has 0 fully saturated rings. The monoisotopic (exact) mass is 282 g/mol. The Morgan fingerprint density at radius 3 is 3.10 bits per heavy atom. The normalized spacial score (nSPS) is 17.2. The Morgan fingerprint density at radius 2 is 2.38 bits per heavy atom. The molecule has 2 heterocycles. The van der Waals surface area contributed by atoms with Crippen LogP contribution in [0, 0.1) is 11.3 Å². The van der Waals surface area contributed by atoms with Crippen LogP contribution in [0.2, 0.25) is 0 Å². The highest BCUT2D eigenvalue weighted by Gasteiger charge is 2.28. The lowest BCUT2D eigenvalue weighted by Crippen LogP contribution is -2.14. The van der Waals surface area contributed by atoms with Crippen LogP contribution in [0.1, 0.15) is 36.4 Å². The van der Waals surface area contributed by atoms with Crippen molar-refractivity contribution >= 4 is 0 Å². The maximum Gasteiger partial charge on any atom is 0.0976 e. The molecule has 5 heteroatoms. The third-order valence-electron chi connectivity index (χ3n) is 4.06. The molecule has 5 nitrogen and oxygen atoms in total. The van der Waals surface area contributed by atoms with E-state index in [0.717, 1.165) is 30.5 Å². The fourth-order valence-corrected chi connectivity index (χ4v) is 3.17. The van der Waals surface area contributed by atoms with E-state index in [0.29, 0.717) is 13.0 Å². The van der Waals surface area contributed by atoms with Crippen molar-refractivity contribution in [2.45, 2.75) is 38.1 Å². The number of hydrogen-bond acceptors (Lipinski definition) is 4. The summed E-state index contributed by atoms with van der Waals surface area (Å²) in [5, 5.41) is 23.0. The first-order valence-electron chi connectivity index (χ1n) is 7.33. The van der Waals surface area contributed by atoms with Gasteiger partial charge >= 0.3 is 0 Å². The number of aromatic nitrogens is 3. The van der Waals surface area contributed by atoms with Crippen molar-refractivity contribution in [1.82, 2.24) is 14.8 Å². The largest absolute Gasteiger partial charge is 0.394 e. The van der Waals surface area contributed by atoms with Crippen molar-refractivity contribution in [2.75, 3.05) is 6.61 Å². The van der Waals surface area contributed by atoms with Crippen LogP contribution >= 0.6 is 0 Å². The second-order valence-corrected chi connectivity index (χ2v) is 5.35. The molecule has 1 atom stereocenters. The number of fused-ring (bicyclic) bond motifs is 1. The summed E-state index contributed by atoms with van der Waals surface area (Å²) in [6.45, 7) is 0.575. The Morgan fingerprint density at radius 1 is 1.48 bits per heavy atom. The third-order valence-corrected chi connectivity index (χ3v) is 4.06. The minimum absolute atomic E-state index is 0.0729. The summed E-state index contributed by atoms with van der Waals surface area (Å²) in [4.78, 5) is 4.17. The SMILES string of the molecule is N#CCC1CCCc2c1c(-c1cccnc1)nn2CCO. The first-order chi connectivity index (χ1) is 10.3. The van der Waals surface area contributed by atoms with Crippen LogP contribution in [0.15, 0.2) is 24.5 Å². The van der Waals surface area contributed by atoms with Crippen LogP contribution in [0.5, 0.6) is 0 Å². The predicted molar refractivity (Wildman–Crippen MR) is 78.5 cm³/mol. The van der Waals surface area contributed by atoms with Crippen LogP contribution in [0.25, 0.3) is 11.3 Å². The van der Waals surface area contributed by atoms with Gasteiger partial charge in [-0.05, 0) is 31.4 Å². The van der Waals surface area contributed by atoms with Crippen molar-refractivity contribution in [3.63, 3.8) is 0 Å². The highest BCUT2D eigenvalue weighted by molar-refractivity contribution is 5.64. The molecule has 0 saturated heterocycles. The van der Waals surface area contributed by atoms with E-state index in [-0.39, 0.29) is 12.5 Å². The third kappa shape index (κ3) is 2.55. The predicted octanol–water partition coefficient (Wildman–Crippen LogP) is 2.27. The molecule has 0 aliphatic heterocycles. The Balaban J connectivity index is 2.13. The van der Waals surface area contributed by atoms with E-state index in [1.807, 2.05) is 23.0 Å². The van der Waals surface area contributed by atoms with E-state index in [2.05, 4.69) is 11.1 Å². The van der Waals surface area contributed by atoms with Gasteiger partial charge in [-0.25, -0.2) is 0 Å². The average molecular weight is 282 g/mol. The molecule has 1 unspecified atom stereocenters. The summed E-state index contributed by atoms with van der Waals surface area (Å²) in [6.07, 6.45) is 7.13. The fraction of sp³-hybridized carbons (Fsp3) is 0.438. The average Bonchev–Trinajstić information content (AvgIpc) is 2.89. The molecule has 0 radical (unpaired) electrons. The zero-order chi connectivity index (χ0) is 14.7. The summed E-state index contributed by atoms with van der Waals surface area (Å²) in [5.41, 5.74) is 4.26. The van der Waals surface area contributed by atoms with Crippen molar-refractivity contribution in [2.24, 2.45) is 0 Å². The zero-order valence-corrected chi connectivity index (χ0v) is 11.9. The van der Waals surface area contributed by atoms with Crippen molar-refractivity contribution in [1.29, 1.82) is 5.26 Å². The van der Waals surface area contributed by atoms with Crippen molar-refractivity contribution in [3.8, 4) is 17.3 Å². The van der Waals surface area contributed by atoms with Crippen LogP contribution in [0.4, 0.5) is 0 Å². The number of nitriles is 1. The number of aliphatic hydroxyl groups is 1. The molecule has 0 bridgehead atoms. The summed E-state index contributed by atoms with van der Waals surface area (Å²) < 4.78 is 1.90. The summed E-state index contributed by atoms with van der Waals surface area (Å²) in [7, 11) is 0. The second-order valence-electron chi connectivity index (χ2n) is 5.35. The lowest BCUT2D eigenvalue weighted by Gasteiger charge is -2.22. The fourth-order valence-electron chi connectivity index (χ4n) is 3.17. The molecular formula is C16H18N4O. The topological polar surface area (TPSA) is 74.7 Å². The molecular weight excluding hydrogens is 264 g/mol. The lowest BCUT2D eigenvalue weighted by molar-refractivity contribution is 0.266. The zero-order valence-electron chi connectivity index (χ0n) is 11.9. The van der Waals surface area contributed by atoms with Gasteiger partial charge in [0.1, 0.15) is 0 Å². The van der Waals surface area contributed by atoms with E-state index in [1.54, 1.807) is 6.20 Å². The Hall–Kier alpha value is -2.19. The summed E-state index contributed by atoms with van der Waals surface area (Å²) in [6, 6.07) is 6.19. The Kier molecular flexibility index (Phi) is 3.98. The van der Waals surface area contributed by atoms with Gasteiger partial charge in [0.05, 0.1) is 24.9 Å². The molecule has 2 aromatic heterocycles. The van der Waals surface area contributed by atoms with E-state index in [9.17, 15) is 5.11 Å². The second kappa shape index (κ2) is 6.06. The van der Waals surface area contributed by atoms with Gasteiger partial charge in [0, 0.05) is 41.6 Å². The minimum atomic E-state index is 0.0729. The number of aliphatic hydroxyl groups excluding tert-OH is 1. The highest BCUT2D eigenvalue weighted by atomic mass is 16.3. The standard InChI is InChI=1S/C16H18N4O/c17-7-6-12-3-1-5-14-15(12)16(19-20(14)9-10-21)13-4-2-8-18-11-13/h2,4,8,11-12,21H,1,3,5-6,9-10H2. The van der Waals surface area contributed by atoms with Crippen LogP contribution in [-0.4, -0.2) is 26.5 Å². The molecule has 1 aliphatic carbocycles. The van der Waals surface area contributed by atoms with E-state index >= 15 is 0 Å². The van der Waals surface area contributed by atoms with Gasteiger partial charge < -0.3 is 5.11 Å². The quantitative estimate of drug-likeness (QED) is 0.933. The maximum atomic E-state index is 9.24. The van der Waals surface area contributed by atoms with Crippen molar-refractivity contribution in [3.05, 3.63) is 35.8 Å². The summed E-state index contributed by atoms with van der Waals surface area (Å²) >= 11 is 0. The van der Waals surface area contributed by atoms with Gasteiger partial charge in [-0.3, -0.25) is 9.67 Å². The molecule has 0 aromatic carbocycles. The van der Waals surface area contributed by atoms with Crippen molar-refractivity contribution < 1.29 is 5.11 Å². The number of hydrogen-bond donors (Lipinski definition) is 1. The molecule has 3 rings (SSSR count). The Labute approximate surface area is 123 Å². The molecule has 1 aliphatic rings. The van der Waals surface area contributed by atoms with Gasteiger partial charge in [0.25, 0.3) is 0 Å².